The molecule has 0 radical (unpaired) electrons. The molecule has 1 atom stereocenters. The van der Waals surface area contributed by atoms with Gasteiger partial charge in [-0.1, -0.05) is 66.7 Å². The van der Waals surface area contributed by atoms with Crippen LogP contribution in [0.3, 0.4) is 0 Å². The van der Waals surface area contributed by atoms with Crippen LogP contribution in [-0.4, -0.2) is 0 Å². The lowest BCUT2D eigenvalue weighted by molar-refractivity contribution is 0.197. The molecule has 1 saturated carbocycles. The van der Waals surface area contributed by atoms with Crippen molar-refractivity contribution in [3.8, 4) is 0 Å². The number of hydrogen-bond acceptors (Lipinski definition) is 0. The zero-order chi connectivity index (χ0) is 11.7. The summed E-state index contributed by atoms with van der Waals surface area (Å²) < 4.78 is 0. The summed E-state index contributed by atoms with van der Waals surface area (Å²) in [5, 5.41) is 0. The summed E-state index contributed by atoms with van der Waals surface area (Å²) >= 11 is 0. The quantitative estimate of drug-likeness (QED) is 0.563. The topological polar surface area (TPSA) is 0 Å². The van der Waals surface area contributed by atoms with E-state index in [1.165, 1.54) is 44.9 Å². The Morgan fingerprint density at radius 2 is 1.53 bits per heavy atom. The van der Waals surface area contributed by atoms with Crippen molar-refractivity contribution in [2.24, 2.45) is 17.8 Å². The second-order valence-electron chi connectivity index (χ2n) is 4.98. The molecular formula is C15H32. The molecule has 15 heavy (non-hydrogen) atoms. The molecule has 0 amide bonds. The number of rotatable bonds is 4. The van der Waals surface area contributed by atoms with Gasteiger partial charge in [-0.25, -0.2) is 0 Å². The normalized spacial score (nSPS) is 27.8. The molecule has 0 heteroatoms. The Hall–Kier alpha value is 0. The molecule has 1 rings (SSSR count). The van der Waals surface area contributed by atoms with Crippen LogP contribution in [0.15, 0.2) is 0 Å². The molecule has 0 saturated heterocycles. The molecule has 0 N–H and O–H groups in total. The molecule has 0 bridgehead atoms. The Morgan fingerprint density at radius 3 is 1.93 bits per heavy atom. The van der Waals surface area contributed by atoms with Gasteiger partial charge in [-0.3, -0.25) is 0 Å². The first-order chi connectivity index (χ1) is 7.27. The summed E-state index contributed by atoms with van der Waals surface area (Å²) in [6.45, 7) is 11.1. The first kappa shape index (κ1) is 15.0. The summed E-state index contributed by atoms with van der Waals surface area (Å²) in [4.78, 5) is 0. The largest absolute Gasteiger partial charge is 0.0683 e. The van der Waals surface area contributed by atoms with Crippen molar-refractivity contribution in [2.45, 2.75) is 79.6 Å². The average Bonchev–Trinajstić information content (AvgIpc) is 2.30. The fourth-order valence-corrected chi connectivity index (χ4v) is 2.90. The third-order valence-electron chi connectivity index (χ3n) is 3.91. The predicted molar refractivity (Wildman–Crippen MR) is 71.2 cm³/mol. The monoisotopic (exact) mass is 212 g/mol. The van der Waals surface area contributed by atoms with Crippen LogP contribution in [-0.2, 0) is 0 Å². The molecule has 0 nitrogen and oxygen atoms in total. The Balaban J connectivity index is 0.000000921. The van der Waals surface area contributed by atoms with Gasteiger partial charge in [0.05, 0.1) is 0 Å². The van der Waals surface area contributed by atoms with Crippen LogP contribution in [0.5, 0.6) is 0 Å². The summed E-state index contributed by atoms with van der Waals surface area (Å²) in [7, 11) is 0. The summed E-state index contributed by atoms with van der Waals surface area (Å²) in [6.07, 6.45) is 10.3. The highest BCUT2D eigenvalue weighted by atomic mass is 14.3. The van der Waals surface area contributed by atoms with E-state index in [1.54, 1.807) is 0 Å². The van der Waals surface area contributed by atoms with Gasteiger partial charge in [-0.2, -0.15) is 0 Å². The molecule has 0 aliphatic heterocycles. The predicted octanol–water partition coefficient (Wildman–Crippen LogP) is 5.67. The van der Waals surface area contributed by atoms with Crippen molar-refractivity contribution in [1.82, 2.24) is 0 Å². The van der Waals surface area contributed by atoms with E-state index in [1.807, 2.05) is 13.8 Å². The van der Waals surface area contributed by atoms with Gasteiger partial charge in [-0.05, 0) is 30.6 Å². The Kier molecular flexibility index (Phi) is 9.24. The molecule has 1 aliphatic rings. The highest BCUT2D eigenvalue weighted by Crippen LogP contribution is 2.36. The average molecular weight is 212 g/mol. The van der Waals surface area contributed by atoms with Crippen LogP contribution in [0.25, 0.3) is 0 Å². The van der Waals surface area contributed by atoms with Crippen molar-refractivity contribution in [3.05, 3.63) is 0 Å². The molecule has 92 valence electrons. The highest BCUT2D eigenvalue weighted by Gasteiger charge is 2.23. The lowest BCUT2D eigenvalue weighted by atomic mass is 9.74. The maximum absolute atomic E-state index is 2.41. The van der Waals surface area contributed by atoms with E-state index in [0.717, 1.165) is 17.8 Å². The van der Waals surface area contributed by atoms with E-state index in [-0.39, 0.29) is 0 Å². The third-order valence-corrected chi connectivity index (χ3v) is 3.91. The first-order valence-electron chi connectivity index (χ1n) is 7.27. The zero-order valence-electron chi connectivity index (χ0n) is 11.7. The molecule has 1 aliphatic carbocycles. The fraction of sp³-hybridized carbons (Fsp3) is 1.00. The molecule has 0 spiro atoms. The minimum absolute atomic E-state index is 1.01. The minimum atomic E-state index is 1.01. The Labute approximate surface area is 97.8 Å². The fourth-order valence-electron chi connectivity index (χ4n) is 2.90. The van der Waals surface area contributed by atoms with Gasteiger partial charge in [0.1, 0.15) is 0 Å². The van der Waals surface area contributed by atoms with Crippen LogP contribution in [0, 0.1) is 17.8 Å². The lowest BCUT2D eigenvalue weighted by Gasteiger charge is -2.32. The third kappa shape index (κ3) is 5.58. The van der Waals surface area contributed by atoms with Crippen molar-refractivity contribution >= 4 is 0 Å². The molecule has 1 unspecified atom stereocenters. The second-order valence-corrected chi connectivity index (χ2v) is 4.98. The van der Waals surface area contributed by atoms with Crippen molar-refractivity contribution in [3.63, 3.8) is 0 Å². The van der Waals surface area contributed by atoms with Crippen LogP contribution in [0.1, 0.15) is 79.6 Å². The van der Waals surface area contributed by atoms with Crippen LogP contribution >= 0.6 is 0 Å². The first-order valence-corrected chi connectivity index (χ1v) is 7.27. The second kappa shape index (κ2) is 9.24. The van der Waals surface area contributed by atoms with E-state index >= 15 is 0 Å². The summed E-state index contributed by atoms with van der Waals surface area (Å²) in [5.74, 6) is 3.12. The number of hydrogen-bond donors (Lipinski definition) is 0. The van der Waals surface area contributed by atoms with E-state index in [9.17, 15) is 0 Å². The van der Waals surface area contributed by atoms with E-state index in [4.69, 9.17) is 0 Å². The van der Waals surface area contributed by atoms with Gasteiger partial charge in [0.25, 0.3) is 0 Å². The SMILES string of the molecule is CC.CCCC(CC)C1CCC(C)CC1. The van der Waals surface area contributed by atoms with Gasteiger partial charge in [0, 0.05) is 0 Å². The van der Waals surface area contributed by atoms with E-state index in [0.29, 0.717) is 0 Å². The minimum Gasteiger partial charge on any atom is -0.0683 e. The Morgan fingerprint density at radius 1 is 1.00 bits per heavy atom. The molecule has 0 heterocycles. The molecule has 0 aromatic heterocycles. The van der Waals surface area contributed by atoms with Crippen LogP contribution < -0.4 is 0 Å². The van der Waals surface area contributed by atoms with Crippen molar-refractivity contribution in [2.75, 3.05) is 0 Å². The lowest BCUT2D eigenvalue weighted by Crippen LogP contribution is -2.20. The maximum Gasteiger partial charge on any atom is -0.0386 e. The van der Waals surface area contributed by atoms with Crippen LogP contribution in [0.4, 0.5) is 0 Å². The van der Waals surface area contributed by atoms with Gasteiger partial charge < -0.3 is 0 Å². The van der Waals surface area contributed by atoms with Gasteiger partial charge in [-0.15, -0.1) is 0 Å². The van der Waals surface area contributed by atoms with E-state index < -0.39 is 0 Å². The molecule has 0 aromatic rings. The van der Waals surface area contributed by atoms with Gasteiger partial charge >= 0.3 is 0 Å². The standard InChI is InChI=1S/C13H26.C2H6/c1-4-6-12(5-2)13-9-7-11(3)8-10-13;1-2/h11-13H,4-10H2,1-3H3;1-2H3. The van der Waals surface area contributed by atoms with Gasteiger partial charge in [0.15, 0.2) is 0 Å². The maximum atomic E-state index is 2.41. The summed E-state index contributed by atoms with van der Waals surface area (Å²) in [5.41, 5.74) is 0. The molecule has 1 fully saturated rings. The smallest absolute Gasteiger partial charge is 0.0386 e. The Bertz CT molecular complexity index is 120. The summed E-state index contributed by atoms with van der Waals surface area (Å²) in [6, 6.07) is 0. The van der Waals surface area contributed by atoms with Gasteiger partial charge in [0.2, 0.25) is 0 Å². The van der Waals surface area contributed by atoms with E-state index in [2.05, 4.69) is 20.8 Å². The van der Waals surface area contributed by atoms with Crippen LogP contribution in [0.2, 0.25) is 0 Å². The van der Waals surface area contributed by atoms with Crippen molar-refractivity contribution in [1.29, 1.82) is 0 Å². The molecular weight excluding hydrogens is 180 g/mol. The molecule has 0 aromatic carbocycles. The zero-order valence-corrected chi connectivity index (χ0v) is 11.7. The highest BCUT2D eigenvalue weighted by molar-refractivity contribution is 4.75. The van der Waals surface area contributed by atoms with Crippen molar-refractivity contribution < 1.29 is 0 Å².